The molecule has 0 aromatic heterocycles. The van der Waals surface area contributed by atoms with Crippen LogP contribution in [0.2, 0.25) is 0 Å². The average Bonchev–Trinajstić information content (AvgIpc) is 2.48. The van der Waals surface area contributed by atoms with Gasteiger partial charge in [-0.25, -0.2) is 8.42 Å². The highest BCUT2D eigenvalue weighted by atomic mass is 32.2. The average molecular weight is 328 g/mol. The maximum absolute atomic E-state index is 12.4. The number of benzene rings is 2. The number of rotatable bonds is 4. The highest BCUT2D eigenvalue weighted by Gasteiger charge is 2.14. The third-order valence-corrected chi connectivity index (χ3v) is 4.49. The zero-order chi connectivity index (χ0) is 17.0. The molecular weight excluding hydrogens is 312 g/mol. The van der Waals surface area contributed by atoms with Crippen molar-refractivity contribution < 1.29 is 13.2 Å². The molecule has 0 radical (unpaired) electrons. The Hall–Kier alpha value is -2.65. The number of nitrogens with one attached hydrogen (secondary N) is 1. The summed E-state index contributed by atoms with van der Waals surface area (Å²) in [6.45, 7) is 1.75. The Bertz CT molecular complexity index is 879. The van der Waals surface area contributed by atoms with Gasteiger partial charge in [-0.1, -0.05) is 18.2 Å². The molecule has 0 heterocycles. The quantitative estimate of drug-likeness (QED) is 0.935. The molecule has 0 saturated heterocycles. The molecule has 0 saturated carbocycles. The van der Waals surface area contributed by atoms with Gasteiger partial charge in [-0.05, 0) is 42.3 Å². The summed E-state index contributed by atoms with van der Waals surface area (Å²) in [6.07, 6.45) is 1.41. The lowest BCUT2D eigenvalue weighted by Crippen LogP contribution is -2.14. The number of nitriles is 1. The van der Waals surface area contributed by atoms with Gasteiger partial charge in [0, 0.05) is 17.5 Å². The fourth-order valence-electron chi connectivity index (χ4n) is 2.07. The van der Waals surface area contributed by atoms with Crippen LogP contribution < -0.4 is 5.32 Å². The second kappa shape index (κ2) is 6.63. The molecular formula is C17H16N2O3S. The number of amides is 1. The molecule has 0 unspecified atom stereocenters. The monoisotopic (exact) mass is 328 g/mol. The third kappa shape index (κ3) is 4.18. The van der Waals surface area contributed by atoms with Crippen molar-refractivity contribution in [1.82, 2.24) is 0 Å². The minimum atomic E-state index is -3.37. The summed E-state index contributed by atoms with van der Waals surface area (Å²) in [5.41, 5.74) is 2.45. The van der Waals surface area contributed by atoms with Crippen LogP contribution in [0.1, 0.15) is 21.5 Å². The van der Waals surface area contributed by atoms with Crippen molar-refractivity contribution in [1.29, 1.82) is 5.26 Å². The predicted octanol–water partition coefficient (Wildman–Crippen LogP) is 2.72. The van der Waals surface area contributed by atoms with Gasteiger partial charge in [0.1, 0.15) is 0 Å². The largest absolute Gasteiger partial charge is 0.322 e. The van der Waals surface area contributed by atoms with E-state index in [-0.39, 0.29) is 10.8 Å². The first-order chi connectivity index (χ1) is 10.8. The Morgan fingerprint density at radius 2 is 1.83 bits per heavy atom. The van der Waals surface area contributed by atoms with E-state index >= 15 is 0 Å². The Labute approximate surface area is 135 Å². The Morgan fingerprint density at radius 3 is 2.39 bits per heavy atom. The van der Waals surface area contributed by atoms with E-state index in [0.717, 1.165) is 11.8 Å². The summed E-state index contributed by atoms with van der Waals surface area (Å²) in [6, 6.07) is 13.5. The number of sulfone groups is 1. The van der Waals surface area contributed by atoms with Gasteiger partial charge in [-0.2, -0.15) is 5.26 Å². The molecule has 1 amide bonds. The van der Waals surface area contributed by atoms with Crippen molar-refractivity contribution in [3.8, 4) is 6.07 Å². The van der Waals surface area contributed by atoms with Crippen LogP contribution in [-0.2, 0) is 16.3 Å². The Morgan fingerprint density at radius 1 is 1.17 bits per heavy atom. The molecule has 2 rings (SSSR count). The van der Waals surface area contributed by atoms with Crippen molar-refractivity contribution >= 4 is 21.4 Å². The smallest absolute Gasteiger partial charge is 0.255 e. The molecule has 0 atom stereocenters. The van der Waals surface area contributed by atoms with E-state index in [1.165, 1.54) is 12.1 Å². The summed E-state index contributed by atoms with van der Waals surface area (Å²) >= 11 is 0. The van der Waals surface area contributed by atoms with Gasteiger partial charge < -0.3 is 5.32 Å². The lowest BCUT2D eigenvalue weighted by molar-refractivity contribution is 0.102. The van der Waals surface area contributed by atoms with Crippen molar-refractivity contribution in [3.63, 3.8) is 0 Å². The van der Waals surface area contributed by atoms with E-state index < -0.39 is 9.84 Å². The summed E-state index contributed by atoms with van der Waals surface area (Å²) in [5.74, 6) is -0.374. The van der Waals surface area contributed by atoms with Gasteiger partial charge in [-0.15, -0.1) is 0 Å². The lowest BCUT2D eigenvalue weighted by atomic mass is 10.1. The van der Waals surface area contributed by atoms with Crippen LogP contribution in [0.3, 0.4) is 0 Å². The first-order valence-electron chi connectivity index (χ1n) is 6.89. The highest BCUT2D eigenvalue weighted by Crippen LogP contribution is 2.18. The second-order valence-corrected chi connectivity index (χ2v) is 7.25. The van der Waals surface area contributed by atoms with Gasteiger partial charge in [0.2, 0.25) is 0 Å². The molecule has 1 N–H and O–H groups in total. The number of carbonyl (C=O) groups is 1. The van der Waals surface area contributed by atoms with Crippen LogP contribution in [0.25, 0.3) is 0 Å². The van der Waals surface area contributed by atoms with Crippen molar-refractivity contribution in [3.05, 3.63) is 59.2 Å². The number of aryl methyl sites for hydroxylation is 1. The van der Waals surface area contributed by atoms with Gasteiger partial charge in [-0.3, -0.25) is 4.79 Å². The number of hydrogen-bond acceptors (Lipinski definition) is 4. The summed E-state index contributed by atoms with van der Waals surface area (Å²) < 4.78 is 23.2. The zero-order valence-electron chi connectivity index (χ0n) is 12.8. The molecule has 2 aromatic rings. The van der Waals surface area contributed by atoms with Crippen LogP contribution in [-0.4, -0.2) is 20.6 Å². The topological polar surface area (TPSA) is 87.0 Å². The van der Waals surface area contributed by atoms with Crippen LogP contribution in [0.4, 0.5) is 5.69 Å². The van der Waals surface area contributed by atoms with Gasteiger partial charge >= 0.3 is 0 Å². The highest BCUT2D eigenvalue weighted by molar-refractivity contribution is 7.90. The minimum absolute atomic E-state index is 0.109. The van der Waals surface area contributed by atoms with Crippen molar-refractivity contribution in [2.24, 2.45) is 0 Å². The Kier molecular flexibility index (Phi) is 4.82. The van der Waals surface area contributed by atoms with E-state index in [9.17, 15) is 13.2 Å². The molecule has 0 bridgehead atoms. The van der Waals surface area contributed by atoms with E-state index in [4.69, 9.17) is 5.26 Å². The molecule has 2 aromatic carbocycles. The molecule has 0 spiro atoms. The molecule has 6 heteroatoms. The molecule has 118 valence electrons. The number of nitrogens with zero attached hydrogens (tertiary/aromatic N) is 1. The maximum atomic E-state index is 12.4. The predicted molar refractivity (Wildman–Crippen MR) is 88.0 cm³/mol. The fraction of sp³-hybridized carbons (Fsp3) is 0.176. The van der Waals surface area contributed by atoms with Crippen molar-refractivity contribution in [2.75, 3.05) is 11.6 Å². The standard InChI is InChI=1S/C17H16N2O3S/c1-12-3-8-15(23(2,21)22)11-16(12)17(20)19-14-6-4-13(5-7-14)9-10-18/h3-8,11H,9H2,1-2H3,(H,19,20). The van der Waals surface area contributed by atoms with E-state index in [1.807, 2.05) is 0 Å². The van der Waals surface area contributed by atoms with E-state index in [1.54, 1.807) is 37.3 Å². The molecule has 5 nitrogen and oxygen atoms in total. The van der Waals surface area contributed by atoms with Crippen LogP contribution in [0.5, 0.6) is 0 Å². The summed E-state index contributed by atoms with van der Waals surface area (Å²) in [7, 11) is -3.37. The van der Waals surface area contributed by atoms with Crippen LogP contribution >= 0.6 is 0 Å². The molecule has 0 aliphatic heterocycles. The molecule has 0 aliphatic carbocycles. The Balaban J connectivity index is 2.25. The first-order valence-corrected chi connectivity index (χ1v) is 8.78. The summed E-state index contributed by atoms with van der Waals surface area (Å²) in [5, 5.41) is 11.4. The lowest BCUT2D eigenvalue weighted by Gasteiger charge is -2.09. The molecule has 0 fully saturated rings. The summed E-state index contributed by atoms with van der Waals surface area (Å²) in [4.78, 5) is 12.5. The zero-order valence-corrected chi connectivity index (χ0v) is 13.6. The fourth-order valence-corrected chi connectivity index (χ4v) is 2.72. The first kappa shape index (κ1) is 16.7. The normalized spacial score (nSPS) is 10.8. The molecule has 0 aliphatic rings. The second-order valence-electron chi connectivity index (χ2n) is 5.23. The van der Waals surface area contributed by atoms with Crippen LogP contribution in [0, 0.1) is 18.3 Å². The van der Waals surface area contributed by atoms with Gasteiger partial charge in [0.25, 0.3) is 5.91 Å². The maximum Gasteiger partial charge on any atom is 0.255 e. The number of hydrogen-bond donors (Lipinski definition) is 1. The van der Waals surface area contributed by atoms with E-state index in [0.29, 0.717) is 23.2 Å². The number of carbonyl (C=O) groups excluding carboxylic acids is 1. The SMILES string of the molecule is Cc1ccc(S(C)(=O)=O)cc1C(=O)Nc1ccc(CC#N)cc1. The van der Waals surface area contributed by atoms with Gasteiger partial charge in [0.15, 0.2) is 9.84 Å². The number of anilines is 1. The minimum Gasteiger partial charge on any atom is -0.322 e. The molecule has 23 heavy (non-hydrogen) atoms. The van der Waals surface area contributed by atoms with Crippen LogP contribution in [0.15, 0.2) is 47.4 Å². The van der Waals surface area contributed by atoms with Gasteiger partial charge in [0.05, 0.1) is 17.4 Å². The van der Waals surface area contributed by atoms with E-state index in [2.05, 4.69) is 11.4 Å². The van der Waals surface area contributed by atoms with Crippen molar-refractivity contribution in [2.45, 2.75) is 18.2 Å². The third-order valence-electron chi connectivity index (χ3n) is 3.38.